The van der Waals surface area contributed by atoms with E-state index in [1.165, 1.54) is 0 Å². The van der Waals surface area contributed by atoms with Gasteiger partial charge in [0, 0.05) is 0 Å². The molecular formula is C12H22O7. The van der Waals surface area contributed by atoms with E-state index in [-0.39, 0.29) is 25.0 Å². The fourth-order valence-electron chi connectivity index (χ4n) is 1.33. The Morgan fingerprint density at radius 2 is 1.21 bits per heavy atom. The Labute approximate surface area is 112 Å². The van der Waals surface area contributed by atoms with Crippen LogP contribution >= 0.6 is 0 Å². The Bertz CT molecular complexity index is 241. The number of hydrogen-bond donors (Lipinski definition) is 2. The van der Waals surface area contributed by atoms with Crippen molar-refractivity contribution in [2.75, 3.05) is 26.4 Å². The molecule has 2 N–H and O–H groups in total. The molecule has 0 spiro atoms. The minimum Gasteiger partial charge on any atom is -0.481 e. The van der Waals surface area contributed by atoms with Crippen LogP contribution in [-0.2, 0) is 23.8 Å². The summed E-state index contributed by atoms with van der Waals surface area (Å²) >= 11 is 0. The van der Waals surface area contributed by atoms with Gasteiger partial charge in [0.2, 0.25) is 0 Å². The van der Waals surface area contributed by atoms with Crippen molar-refractivity contribution in [3.05, 3.63) is 0 Å². The lowest BCUT2D eigenvalue weighted by molar-refractivity contribution is -0.140. The van der Waals surface area contributed by atoms with Gasteiger partial charge < -0.3 is 24.4 Å². The lowest BCUT2D eigenvalue weighted by atomic mass is 10.3. The maximum Gasteiger partial charge on any atom is 0.305 e. The Morgan fingerprint density at radius 1 is 0.842 bits per heavy atom. The largest absolute Gasteiger partial charge is 0.481 e. The molecular weight excluding hydrogens is 256 g/mol. The Balaban J connectivity index is 3.31. The fraction of sp³-hybridized carbons (Fsp3) is 0.833. The molecule has 19 heavy (non-hydrogen) atoms. The van der Waals surface area contributed by atoms with Gasteiger partial charge in [0.15, 0.2) is 0 Å². The second kappa shape index (κ2) is 10.7. The highest BCUT2D eigenvalue weighted by Crippen LogP contribution is 1.98. The van der Waals surface area contributed by atoms with Gasteiger partial charge in [-0.1, -0.05) is 0 Å². The van der Waals surface area contributed by atoms with Crippen LogP contribution in [0.1, 0.15) is 26.7 Å². The number of carboxylic acid groups (broad SMARTS) is 2. The number of carboxylic acids is 2. The molecule has 0 aromatic heterocycles. The molecule has 0 aliphatic heterocycles. The first-order valence-electron chi connectivity index (χ1n) is 6.16. The highest BCUT2D eigenvalue weighted by atomic mass is 16.5. The maximum atomic E-state index is 10.4. The van der Waals surface area contributed by atoms with Crippen molar-refractivity contribution in [3.8, 4) is 0 Å². The third-order valence-corrected chi connectivity index (χ3v) is 2.18. The van der Waals surface area contributed by atoms with Crippen molar-refractivity contribution >= 4 is 11.9 Å². The molecule has 0 aromatic rings. The summed E-state index contributed by atoms with van der Waals surface area (Å²) in [5.41, 5.74) is 0. The van der Waals surface area contributed by atoms with Crippen LogP contribution in [0.4, 0.5) is 0 Å². The Morgan fingerprint density at radius 3 is 1.53 bits per heavy atom. The van der Waals surface area contributed by atoms with Crippen LogP contribution in [0.5, 0.6) is 0 Å². The van der Waals surface area contributed by atoms with Crippen LogP contribution in [0.2, 0.25) is 0 Å². The van der Waals surface area contributed by atoms with E-state index in [9.17, 15) is 9.59 Å². The summed E-state index contributed by atoms with van der Waals surface area (Å²) in [4.78, 5) is 20.7. The number of aliphatic carboxylic acids is 2. The molecule has 0 aromatic carbocycles. The molecule has 0 aliphatic rings. The van der Waals surface area contributed by atoms with Crippen molar-refractivity contribution in [2.24, 2.45) is 0 Å². The average molecular weight is 278 g/mol. The van der Waals surface area contributed by atoms with Gasteiger partial charge in [-0.25, -0.2) is 0 Å². The van der Waals surface area contributed by atoms with E-state index in [1.54, 1.807) is 13.8 Å². The predicted molar refractivity (Wildman–Crippen MR) is 66.2 cm³/mol. The number of hydrogen-bond acceptors (Lipinski definition) is 5. The first kappa shape index (κ1) is 17.8. The van der Waals surface area contributed by atoms with Gasteiger partial charge in [-0.2, -0.15) is 0 Å². The third-order valence-electron chi connectivity index (χ3n) is 2.18. The van der Waals surface area contributed by atoms with Crippen molar-refractivity contribution in [1.82, 2.24) is 0 Å². The Kier molecular flexibility index (Phi) is 10.1. The van der Waals surface area contributed by atoms with Crippen LogP contribution in [0.15, 0.2) is 0 Å². The SMILES string of the molecule is CC(CC(=O)O)OCCOCCOC(C)CC(=O)O. The molecule has 2 unspecified atom stereocenters. The van der Waals surface area contributed by atoms with Gasteiger partial charge in [-0.3, -0.25) is 9.59 Å². The van der Waals surface area contributed by atoms with E-state index in [4.69, 9.17) is 24.4 Å². The van der Waals surface area contributed by atoms with Gasteiger partial charge >= 0.3 is 11.9 Å². The number of ether oxygens (including phenoxy) is 3. The van der Waals surface area contributed by atoms with Crippen LogP contribution in [0.3, 0.4) is 0 Å². The van der Waals surface area contributed by atoms with E-state index < -0.39 is 11.9 Å². The van der Waals surface area contributed by atoms with Crippen molar-refractivity contribution in [3.63, 3.8) is 0 Å². The monoisotopic (exact) mass is 278 g/mol. The molecule has 7 nitrogen and oxygen atoms in total. The second-order valence-electron chi connectivity index (χ2n) is 4.17. The molecule has 0 saturated carbocycles. The standard InChI is InChI=1S/C12H22O7/c1-9(7-11(13)14)18-5-3-17-4-6-19-10(2)8-12(15)16/h9-10H,3-8H2,1-2H3,(H,13,14)(H,15,16). The number of carbonyl (C=O) groups is 2. The molecule has 0 bridgehead atoms. The lowest BCUT2D eigenvalue weighted by Gasteiger charge is -2.12. The lowest BCUT2D eigenvalue weighted by Crippen LogP contribution is -2.19. The molecule has 0 aliphatic carbocycles. The zero-order valence-electron chi connectivity index (χ0n) is 11.3. The number of rotatable bonds is 12. The molecule has 2 atom stereocenters. The van der Waals surface area contributed by atoms with Gasteiger partial charge in [0.1, 0.15) is 0 Å². The molecule has 0 saturated heterocycles. The van der Waals surface area contributed by atoms with Gasteiger partial charge in [-0.05, 0) is 13.8 Å². The molecule has 0 amide bonds. The molecule has 112 valence electrons. The summed E-state index contributed by atoms with van der Waals surface area (Å²) in [5, 5.41) is 17.0. The van der Waals surface area contributed by atoms with Crippen LogP contribution in [0, 0.1) is 0 Å². The molecule has 0 fully saturated rings. The average Bonchev–Trinajstić information content (AvgIpc) is 2.25. The first-order chi connectivity index (χ1) is 8.91. The van der Waals surface area contributed by atoms with Crippen molar-refractivity contribution in [1.29, 1.82) is 0 Å². The molecule has 0 rings (SSSR count). The van der Waals surface area contributed by atoms with Crippen LogP contribution in [-0.4, -0.2) is 60.8 Å². The zero-order chi connectivity index (χ0) is 14.7. The summed E-state index contributed by atoms with van der Waals surface area (Å²) in [7, 11) is 0. The zero-order valence-corrected chi connectivity index (χ0v) is 11.3. The highest BCUT2D eigenvalue weighted by molar-refractivity contribution is 5.67. The van der Waals surface area contributed by atoms with E-state index in [0.29, 0.717) is 26.4 Å². The minimum absolute atomic E-state index is 0.0319. The van der Waals surface area contributed by atoms with E-state index >= 15 is 0 Å². The molecule has 7 heteroatoms. The summed E-state index contributed by atoms with van der Waals surface area (Å²) < 4.78 is 15.6. The van der Waals surface area contributed by atoms with Gasteiger partial charge in [0.05, 0.1) is 51.5 Å². The van der Waals surface area contributed by atoms with E-state index in [2.05, 4.69) is 0 Å². The molecule has 0 radical (unpaired) electrons. The van der Waals surface area contributed by atoms with Crippen molar-refractivity contribution < 1.29 is 34.0 Å². The van der Waals surface area contributed by atoms with E-state index in [0.717, 1.165) is 0 Å². The third kappa shape index (κ3) is 13.1. The fourth-order valence-corrected chi connectivity index (χ4v) is 1.33. The van der Waals surface area contributed by atoms with E-state index in [1.807, 2.05) is 0 Å². The first-order valence-corrected chi connectivity index (χ1v) is 6.16. The maximum absolute atomic E-state index is 10.4. The predicted octanol–water partition coefficient (Wildman–Crippen LogP) is 0.763. The van der Waals surface area contributed by atoms with Gasteiger partial charge in [0.25, 0.3) is 0 Å². The molecule has 0 heterocycles. The summed E-state index contributed by atoms with van der Waals surface area (Å²) in [6.45, 7) is 4.70. The summed E-state index contributed by atoms with van der Waals surface area (Å²) in [6, 6.07) is 0. The van der Waals surface area contributed by atoms with Crippen LogP contribution in [0.25, 0.3) is 0 Å². The van der Waals surface area contributed by atoms with Gasteiger partial charge in [-0.15, -0.1) is 0 Å². The smallest absolute Gasteiger partial charge is 0.305 e. The normalized spacial score (nSPS) is 14.0. The summed E-state index contributed by atoms with van der Waals surface area (Å²) in [6.07, 6.45) is -0.744. The minimum atomic E-state index is -0.894. The highest BCUT2D eigenvalue weighted by Gasteiger charge is 2.08. The Hall–Kier alpha value is -1.18. The second-order valence-corrected chi connectivity index (χ2v) is 4.17. The summed E-state index contributed by atoms with van der Waals surface area (Å²) in [5.74, 6) is -1.79. The quantitative estimate of drug-likeness (QED) is 0.508. The van der Waals surface area contributed by atoms with Crippen LogP contribution < -0.4 is 0 Å². The van der Waals surface area contributed by atoms with Crippen molar-refractivity contribution in [2.45, 2.75) is 38.9 Å². The topological polar surface area (TPSA) is 102 Å².